The van der Waals surface area contributed by atoms with Crippen LogP contribution in [0.25, 0.3) is 0 Å². The summed E-state index contributed by atoms with van der Waals surface area (Å²) >= 11 is 0. The Balaban J connectivity index is 2.03. The predicted molar refractivity (Wildman–Crippen MR) is 39.2 cm³/mol. The number of hydrogen-bond donors (Lipinski definition) is 2. The molecule has 0 radical (unpaired) electrons. The van der Waals surface area contributed by atoms with Crippen molar-refractivity contribution in [2.24, 2.45) is 0 Å². The molecule has 0 aromatic heterocycles. The third-order valence-corrected chi connectivity index (χ3v) is 2.29. The van der Waals surface area contributed by atoms with E-state index in [1.54, 1.807) is 0 Å². The summed E-state index contributed by atoms with van der Waals surface area (Å²) in [7, 11) is 0. The van der Waals surface area contributed by atoms with Gasteiger partial charge in [-0.15, -0.1) is 0 Å². The van der Waals surface area contributed by atoms with E-state index in [0.717, 1.165) is 19.5 Å². The SMILES string of the molecule is O=C1COCCC2(CNC2)N1. The van der Waals surface area contributed by atoms with Crippen LogP contribution >= 0.6 is 0 Å². The molecule has 2 heterocycles. The maximum atomic E-state index is 11.0. The van der Waals surface area contributed by atoms with Gasteiger partial charge in [0.2, 0.25) is 5.91 Å². The van der Waals surface area contributed by atoms with Crippen LogP contribution in [0.3, 0.4) is 0 Å². The summed E-state index contributed by atoms with van der Waals surface area (Å²) in [5, 5.41) is 6.12. The Morgan fingerprint density at radius 3 is 2.91 bits per heavy atom. The average Bonchev–Trinajstić information content (AvgIpc) is 2.09. The molecule has 11 heavy (non-hydrogen) atoms. The fourth-order valence-corrected chi connectivity index (χ4v) is 1.52. The zero-order valence-corrected chi connectivity index (χ0v) is 6.35. The quantitative estimate of drug-likeness (QED) is 0.466. The highest BCUT2D eigenvalue weighted by molar-refractivity contribution is 5.78. The lowest BCUT2D eigenvalue weighted by Crippen LogP contribution is -2.68. The fourth-order valence-electron chi connectivity index (χ4n) is 1.52. The van der Waals surface area contributed by atoms with E-state index in [1.807, 2.05) is 0 Å². The van der Waals surface area contributed by atoms with Crippen molar-refractivity contribution in [3.63, 3.8) is 0 Å². The molecule has 1 amide bonds. The first kappa shape index (κ1) is 7.06. The van der Waals surface area contributed by atoms with Crippen molar-refractivity contribution >= 4 is 5.91 Å². The highest BCUT2D eigenvalue weighted by Crippen LogP contribution is 2.17. The second-order valence-electron chi connectivity index (χ2n) is 3.23. The van der Waals surface area contributed by atoms with Crippen molar-refractivity contribution < 1.29 is 9.53 Å². The summed E-state index contributed by atoms with van der Waals surface area (Å²) in [6.45, 7) is 2.70. The van der Waals surface area contributed by atoms with Crippen molar-refractivity contribution in [1.82, 2.24) is 10.6 Å². The van der Waals surface area contributed by atoms with Gasteiger partial charge in [-0.25, -0.2) is 0 Å². The van der Waals surface area contributed by atoms with E-state index >= 15 is 0 Å². The van der Waals surface area contributed by atoms with Gasteiger partial charge in [0.15, 0.2) is 0 Å². The van der Waals surface area contributed by atoms with Gasteiger partial charge >= 0.3 is 0 Å². The van der Waals surface area contributed by atoms with Gasteiger partial charge in [0.25, 0.3) is 0 Å². The minimum Gasteiger partial charge on any atom is -0.372 e. The summed E-state index contributed by atoms with van der Waals surface area (Å²) in [4.78, 5) is 11.0. The Bertz CT molecular complexity index is 177. The normalized spacial score (nSPS) is 28.9. The lowest BCUT2D eigenvalue weighted by molar-refractivity contribution is -0.125. The first-order valence-electron chi connectivity index (χ1n) is 3.90. The molecule has 0 aliphatic carbocycles. The van der Waals surface area contributed by atoms with Crippen LogP contribution < -0.4 is 10.6 Å². The monoisotopic (exact) mass is 156 g/mol. The van der Waals surface area contributed by atoms with Gasteiger partial charge in [0.1, 0.15) is 6.61 Å². The Labute approximate surface area is 65.3 Å². The number of rotatable bonds is 0. The summed E-state index contributed by atoms with van der Waals surface area (Å²) in [6.07, 6.45) is 0.936. The van der Waals surface area contributed by atoms with Crippen LogP contribution in [0, 0.1) is 0 Å². The second-order valence-corrected chi connectivity index (χ2v) is 3.23. The Morgan fingerprint density at radius 2 is 2.27 bits per heavy atom. The molecule has 0 aromatic carbocycles. The van der Waals surface area contributed by atoms with Crippen LogP contribution in [0.4, 0.5) is 0 Å². The van der Waals surface area contributed by atoms with E-state index in [1.165, 1.54) is 0 Å². The molecule has 2 fully saturated rings. The summed E-state index contributed by atoms with van der Waals surface area (Å²) < 4.78 is 5.10. The van der Waals surface area contributed by atoms with Crippen molar-refractivity contribution in [3.05, 3.63) is 0 Å². The van der Waals surface area contributed by atoms with Crippen LogP contribution in [0.5, 0.6) is 0 Å². The first-order chi connectivity index (χ1) is 5.31. The third kappa shape index (κ3) is 1.23. The lowest BCUT2D eigenvalue weighted by atomic mass is 9.89. The van der Waals surface area contributed by atoms with E-state index < -0.39 is 0 Å². The molecule has 0 aromatic rings. The van der Waals surface area contributed by atoms with Crippen LogP contribution in [0.1, 0.15) is 6.42 Å². The second kappa shape index (κ2) is 2.46. The van der Waals surface area contributed by atoms with Gasteiger partial charge in [-0.05, 0) is 6.42 Å². The highest BCUT2D eigenvalue weighted by Gasteiger charge is 2.39. The molecule has 0 saturated carbocycles. The van der Waals surface area contributed by atoms with E-state index in [0.29, 0.717) is 6.61 Å². The standard InChI is InChI=1S/C7H12N2O2/c10-6-3-11-2-1-7(9-6)4-8-5-7/h8H,1-5H2,(H,9,10). The minimum atomic E-state index is 0.0176. The van der Waals surface area contributed by atoms with E-state index in [4.69, 9.17) is 4.74 Å². The number of hydrogen-bond acceptors (Lipinski definition) is 3. The summed E-state index contributed by atoms with van der Waals surface area (Å²) in [6, 6.07) is 0. The van der Waals surface area contributed by atoms with E-state index in [2.05, 4.69) is 10.6 Å². The van der Waals surface area contributed by atoms with Crippen molar-refractivity contribution in [1.29, 1.82) is 0 Å². The van der Waals surface area contributed by atoms with Gasteiger partial charge in [-0.2, -0.15) is 0 Å². The topological polar surface area (TPSA) is 50.4 Å². The van der Waals surface area contributed by atoms with Crippen molar-refractivity contribution in [3.8, 4) is 0 Å². The van der Waals surface area contributed by atoms with E-state index in [9.17, 15) is 4.79 Å². The maximum absolute atomic E-state index is 11.0. The van der Waals surface area contributed by atoms with Crippen LogP contribution in [0.2, 0.25) is 0 Å². The molecule has 2 N–H and O–H groups in total. The number of carbonyl (C=O) groups excluding carboxylic acids is 1. The largest absolute Gasteiger partial charge is 0.372 e. The molecular weight excluding hydrogens is 144 g/mol. The molecule has 2 rings (SSSR count). The number of carbonyl (C=O) groups is 1. The molecule has 62 valence electrons. The summed E-state index contributed by atoms with van der Waals surface area (Å²) in [5.41, 5.74) is 0.0214. The Kier molecular flexibility index (Phi) is 1.58. The Morgan fingerprint density at radius 1 is 1.45 bits per heavy atom. The fraction of sp³-hybridized carbons (Fsp3) is 0.857. The molecule has 2 aliphatic rings. The van der Waals surface area contributed by atoms with Gasteiger partial charge in [0.05, 0.1) is 5.54 Å². The van der Waals surface area contributed by atoms with Gasteiger partial charge in [0, 0.05) is 19.7 Å². The molecule has 0 atom stereocenters. The predicted octanol–water partition coefficient (Wildman–Crippen LogP) is -1.14. The Hall–Kier alpha value is -0.610. The number of ether oxygens (including phenoxy) is 1. The van der Waals surface area contributed by atoms with Crippen LogP contribution in [-0.2, 0) is 9.53 Å². The van der Waals surface area contributed by atoms with Crippen molar-refractivity contribution in [2.45, 2.75) is 12.0 Å². The molecule has 4 heteroatoms. The van der Waals surface area contributed by atoms with Crippen molar-refractivity contribution in [2.75, 3.05) is 26.3 Å². The zero-order valence-electron chi connectivity index (χ0n) is 6.35. The minimum absolute atomic E-state index is 0.0176. The average molecular weight is 156 g/mol. The zero-order chi connectivity index (χ0) is 7.73. The lowest BCUT2D eigenvalue weighted by Gasteiger charge is -2.41. The molecule has 0 bridgehead atoms. The molecular formula is C7H12N2O2. The highest BCUT2D eigenvalue weighted by atomic mass is 16.5. The van der Waals surface area contributed by atoms with Crippen LogP contribution in [0.15, 0.2) is 0 Å². The molecule has 4 nitrogen and oxygen atoms in total. The first-order valence-corrected chi connectivity index (χ1v) is 3.90. The third-order valence-electron chi connectivity index (χ3n) is 2.29. The molecule has 0 unspecified atom stereocenters. The van der Waals surface area contributed by atoms with Gasteiger partial charge in [-0.3, -0.25) is 4.79 Å². The smallest absolute Gasteiger partial charge is 0.246 e. The molecule has 2 saturated heterocycles. The van der Waals surface area contributed by atoms with Gasteiger partial charge in [-0.1, -0.05) is 0 Å². The van der Waals surface area contributed by atoms with Crippen LogP contribution in [-0.4, -0.2) is 37.7 Å². The maximum Gasteiger partial charge on any atom is 0.246 e. The molecule has 1 spiro atoms. The summed E-state index contributed by atoms with van der Waals surface area (Å²) in [5.74, 6) is 0.0176. The van der Waals surface area contributed by atoms with E-state index in [-0.39, 0.29) is 18.1 Å². The molecule has 2 aliphatic heterocycles. The number of nitrogens with one attached hydrogen (secondary N) is 2. The van der Waals surface area contributed by atoms with Gasteiger partial charge < -0.3 is 15.4 Å². The number of amides is 1.